The normalized spacial score (nSPS) is 15.1. The third-order valence-corrected chi connectivity index (χ3v) is 3.77. The molecule has 0 rings (SSSR count). The summed E-state index contributed by atoms with van der Waals surface area (Å²) in [5.74, 6) is -4.41. The molecule has 0 saturated carbocycles. The van der Waals surface area contributed by atoms with Crippen LogP contribution in [-0.4, -0.2) is 64.0 Å². The van der Waals surface area contributed by atoms with Gasteiger partial charge in [-0.3, -0.25) is 19.2 Å². The van der Waals surface area contributed by atoms with Crippen molar-refractivity contribution < 1.29 is 34.2 Å². The highest BCUT2D eigenvalue weighted by Gasteiger charge is 2.28. The lowest BCUT2D eigenvalue weighted by molar-refractivity contribution is -0.143. The van der Waals surface area contributed by atoms with Gasteiger partial charge >= 0.3 is 11.9 Å². The minimum atomic E-state index is -1.40. The molecule has 11 nitrogen and oxygen atoms in total. The summed E-state index contributed by atoms with van der Waals surface area (Å²) in [7, 11) is 0. The summed E-state index contributed by atoms with van der Waals surface area (Å²) in [6.07, 6.45) is -0.412. The van der Waals surface area contributed by atoms with Crippen LogP contribution in [0, 0.1) is 5.92 Å². The van der Waals surface area contributed by atoms with Crippen LogP contribution in [0.3, 0.4) is 0 Å². The summed E-state index contributed by atoms with van der Waals surface area (Å²) in [4.78, 5) is 58.1. The lowest BCUT2D eigenvalue weighted by atomic mass is 10.0. The molecule has 0 spiro atoms. The van der Waals surface area contributed by atoms with Gasteiger partial charge < -0.3 is 31.9 Å². The van der Waals surface area contributed by atoms with Crippen molar-refractivity contribution in [3.05, 3.63) is 0 Å². The number of carboxylic acids is 2. The zero-order valence-electron chi connectivity index (χ0n) is 16.5. The number of nitrogens with two attached hydrogens (primary N) is 1. The molecule has 0 aliphatic rings. The number of carbonyl (C=O) groups excluding carboxylic acids is 3. The smallest absolute Gasteiger partial charge is 0.326 e. The Bertz CT molecular complexity index is 592. The fraction of sp³-hybridized carbons (Fsp3) is 0.706. The van der Waals surface area contributed by atoms with Crippen molar-refractivity contribution in [2.45, 2.75) is 71.1 Å². The predicted octanol–water partition coefficient (Wildman–Crippen LogP) is -1.20. The van der Waals surface area contributed by atoms with Gasteiger partial charge in [-0.2, -0.15) is 0 Å². The van der Waals surface area contributed by atoms with Gasteiger partial charge in [-0.05, 0) is 32.6 Å². The first-order valence-electron chi connectivity index (χ1n) is 8.96. The van der Waals surface area contributed by atoms with Crippen LogP contribution < -0.4 is 21.7 Å². The van der Waals surface area contributed by atoms with Gasteiger partial charge in [0, 0.05) is 6.42 Å². The number of hydrogen-bond acceptors (Lipinski definition) is 6. The number of amides is 3. The zero-order chi connectivity index (χ0) is 22.0. The van der Waals surface area contributed by atoms with Gasteiger partial charge in [-0.15, -0.1) is 0 Å². The third kappa shape index (κ3) is 9.86. The molecule has 0 aromatic heterocycles. The van der Waals surface area contributed by atoms with E-state index >= 15 is 0 Å². The van der Waals surface area contributed by atoms with Crippen LogP contribution in [-0.2, 0) is 24.0 Å². The maximum Gasteiger partial charge on any atom is 0.326 e. The van der Waals surface area contributed by atoms with Crippen molar-refractivity contribution in [3.8, 4) is 0 Å². The van der Waals surface area contributed by atoms with E-state index in [1.165, 1.54) is 13.8 Å². The van der Waals surface area contributed by atoms with Crippen molar-refractivity contribution in [3.63, 3.8) is 0 Å². The fourth-order valence-corrected chi connectivity index (χ4v) is 2.21. The molecule has 0 aromatic rings. The Morgan fingerprint density at radius 1 is 0.821 bits per heavy atom. The summed E-state index contributed by atoms with van der Waals surface area (Å²) < 4.78 is 0. The molecule has 0 heterocycles. The first kappa shape index (κ1) is 25.3. The van der Waals surface area contributed by atoms with E-state index in [1.54, 1.807) is 0 Å². The van der Waals surface area contributed by atoms with E-state index in [2.05, 4.69) is 16.0 Å². The van der Waals surface area contributed by atoms with Crippen LogP contribution in [0.5, 0.6) is 0 Å². The van der Waals surface area contributed by atoms with E-state index in [4.69, 9.17) is 15.9 Å². The zero-order valence-corrected chi connectivity index (χ0v) is 16.5. The number of nitrogens with one attached hydrogen (secondary N) is 3. The number of carboxylic acid groups (broad SMARTS) is 2. The fourth-order valence-electron chi connectivity index (χ4n) is 2.21. The van der Waals surface area contributed by atoms with E-state index in [1.807, 2.05) is 13.8 Å². The molecule has 3 amide bonds. The summed E-state index contributed by atoms with van der Waals surface area (Å²) in [5.41, 5.74) is 5.49. The Kier molecular flexibility index (Phi) is 10.8. The van der Waals surface area contributed by atoms with E-state index in [0.717, 1.165) is 0 Å². The monoisotopic (exact) mass is 402 g/mol. The van der Waals surface area contributed by atoms with E-state index < -0.39 is 60.2 Å². The van der Waals surface area contributed by atoms with Crippen LogP contribution >= 0.6 is 0 Å². The molecule has 0 fully saturated rings. The Hall–Kier alpha value is -2.69. The van der Waals surface area contributed by atoms with Crippen molar-refractivity contribution >= 4 is 29.7 Å². The summed E-state index contributed by atoms with van der Waals surface area (Å²) in [5, 5.41) is 24.9. The van der Waals surface area contributed by atoms with E-state index in [0.29, 0.717) is 6.42 Å². The van der Waals surface area contributed by atoms with Crippen LogP contribution in [0.4, 0.5) is 0 Å². The summed E-state index contributed by atoms with van der Waals surface area (Å²) in [6, 6.07) is -4.21. The molecule has 0 unspecified atom stereocenters. The minimum Gasteiger partial charge on any atom is -0.481 e. The Morgan fingerprint density at radius 2 is 1.36 bits per heavy atom. The van der Waals surface area contributed by atoms with Gasteiger partial charge in [0.2, 0.25) is 17.7 Å². The first-order valence-corrected chi connectivity index (χ1v) is 8.96. The standard InChI is InChI=1S/C17H30N4O7/c1-8(2)7-12(21-14(24)9(3)18)16(26)19-10(4)15(25)20-11(17(27)28)5-6-13(22)23/h8-12H,5-7,18H2,1-4H3,(H,19,26)(H,20,25)(H,21,24)(H,22,23)(H,27,28)/t9-,10-,11-,12-/m0/s1. The van der Waals surface area contributed by atoms with Crippen molar-refractivity contribution in [2.75, 3.05) is 0 Å². The number of hydrogen-bond donors (Lipinski definition) is 6. The molecule has 7 N–H and O–H groups in total. The molecular formula is C17H30N4O7. The van der Waals surface area contributed by atoms with Gasteiger partial charge in [0.1, 0.15) is 18.1 Å². The van der Waals surface area contributed by atoms with Crippen LogP contribution in [0.2, 0.25) is 0 Å². The molecule has 11 heteroatoms. The largest absolute Gasteiger partial charge is 0.481 e. The number of rotatable bonds is 12. The average molecular weight is 402 g/mol. The number of carbonyl (C=O) groups is 5. The predicted molar refractivity (Wildman–Crippen MR) is 99.1 cm³/mol. The Balaban J connectivity index is 4.95. The van der Waals surface area contributed by atoms with Crippen LogP contribution in [0.1, 0.15) is 47.0 Å². The molecule has 0 aromatic carbocycles. The van der Waals surface area contributed by atoms with Gasteiger partial charge in [0.15, 0.2) is 0 Å². The highest BCUT2D eigenvalue weighted by atomic mass is 16.4. The molecule has 0 saturated heterocycles. The van der Waals surface area contributed by atoms with Crippen molar-refractivity contribution in [1.82, 2.24) is 16.0 Å². The molecule has 0 aliphatic carbocycles. The Morgan fingerprint density at radius 3 is 1.79 bits per heavy atom. The van der Waals surface area contributed by atoms with Crippen molar-refractivity contribution in [2.24, 2.45) is 11.7 Å². The first-order chi connectivity index (χ1) is 12.8. The molecule has 4 atom stereocenters. The maximum atomic E-state index is 12.4. The molecule has 160 valence electrons. The average Bonchev–Trinajstić information content (AvgIpc) is 2.56. The quantitative estimate of drug-likeness (QED) is 0.235. The second-order valence-electron chi connectivity index (χ2n) is 7.04. The van der Waals surface area contributed by atoms with Gasteiger partial charge in [0.05, 0.1) is 6.04 Å². The highest BCUT2D eigenvalue weighted by Crippen LogP contribution is 2.06. The molecule has 0 bridgehead atoms. The third-order valence-electron chi connectivity index (χ3n) is 3.77. The van der Waals surface area contributed by atoms with Crippen molar-refractivity contribution in [1.29, 1.82) is 0 Å². The second-order valence-corrected chi connectivity index (χ2v) is 7.04. The van der Waals surface area contributed by atoms with E-state index in [-0.39, 0.29) is 12.3 Å². The highest BCUT2D eigenvalue weighted by molar-refractivity contribution is 5.93. The lowest BCUT2D eigenvalue weighted by Crippen LogP contribution is -2.56. The summed E-state index contributed by atoms with van der Waals surface area (Å²) >= 11 is 0. The molecule has 0 radical (unpaired) electrons. The molecular weight excluding hydrogens is 372 g/mol. The van der Waals surface area contributed by atoms with E-state index in [9.17, 15) is 24.0 Å². The SMILES string of the molecule is CC(C)C[C@H](NC(=O)[C@H](C)N)C(=O)N[C@@H](C)C(=O)N[C@@H](CCC(=O)O)C(=O)O. The summed E-state index contributed by atoms with van der Waals surface area (Å²) in [6.45, 7) is 6.53. The Labute approximate surface area is 163 Å². The maximum absolute atomic E-state index is 12.4. The number of aliphatic carboxylic acids is 2. The molecule has 28 heavy (non-hydrogen) atoms. The van der Waals surface area contributed by atoms with Gasteiger partial charge in [-0.25, -0.2) is 4.79 Å². The van der Waals surface area contributed by atoms with Crippen LogP contribution in [0.15, 0.2) is 0 Å². The van der Waals surface area contributed by atoms with Crippen LogP contribution in [0.25, 0.3) is 0 Å². The van der Waals surface area contributed by atoms with Gasteiger partial charge in [0.25, 0.3) is 0 Å². The topological polar surface area (TPSA) is 188 Å². The molecule has 0 aliphatic heterocycles. The second kappa shape index (κ2) is 11.9. The minimum absolute atomic E-state index is 0.0701. The van der Waals surface area contributed by atoms with Gasteiger partial charge in [-0.1, -0.05) is 13.8 Å². The lowest BCUT2D eigenvalue weighted by Gasteiger charge is -2.24.